The van der Waals surface area contributed by atoms with E-state index in [1.807, 2.05) is 54.6 Å². The maximum Gasteiger partial charge on any atom is 0.186 e. The molecular formula is C18H21N3OS. The van der Waals surface area contributed by atoms with E-state index in [-0.39, 0.29) is 0 Å². The number of hydrazone groups is 1. The van der Waals surface area contributed by atoms with Crippen molar-refractivity contribution in [1.82, 2.24) is 10.7 Å². The third-order valence-corrected chi connectivity index (χ3v) is 3.29. The number of ether oxygens (including phenoxy) is 1. The van der Waals surface area contributed by atoms with Crippen LogP contribution in [0.5, 0.6) is 11.5 Å². The van der Waals surface area contributed by atoms with Crippen LogP contribution in [0.1, 0.15) is 25.3 Å². The van der Waals surface area contributed by atoms with Crippen LogP contribution in [0.2, 0.25) is 0 Å². The second kappa shape index (κ2) is 9.58. The van der Waals surface area contributed by atoms with Crippen molar-refractivity contribution in [2.75, 3.05) is 6.54 Å². The van der Waals surface area contributed by atoms with Crippen LogP contribution in [-0.4, -0.2) is 17.9 Å². The van der Waals surface area contributed by atoms with E-state index >= 15 is 0 Å². The van der Waals surface area contributed by atoms with Crippen molar-refractivity contribution < 1.29 is 4.74 Å². The predicted molar refractivity (Wildman–Crippen MR) is 99.2 cm³/mol. The molecule has 2 aromatic carbocycles. The zero-order valence-corrected chi connectivity index (χ0v) is 14.0. The summed E-state index contributed by atoms with van der Waals surface area (Å²) in [5.74, 6) is 1.61. The Kier molecular flexibility index (Phi) is 7.07. The third kappa shape index (κ3) is 6.48. The van der Waals surface area contributed by atoms with Crippen LogP contribution in [0, 0.1) is 0 Å². The number of hydrogen-bond acceptors (Lipinski definition) is 3. The Bertz CT molecular complexity index is 626. The molecule has 0 aliphatic carbocycles. The largest absolute Gasteiger partial charge is 0.457 e. The molecule has 4 nitrogen and oxygen atoms in total. The topological polar surface area (TPSA) is 45.7 Å². The van der Waals surface area contributed by atoms with Crippen molar-refractivity contribution in [3.63, 3.8) is 0 Å². The molecule has 0 aliphatic heterocycles. The lowest BCUT2D eigenvalue weighted by Gasteiger charge is -2.06. The average Bonchev–Trinajstić information content (AvgIpc) is 2.58. The molecule has 0 atom stereocenters. The van der Waals surface area contributed by atoms with Gasteiger partial charge in [-0.15, -0.1) is 0 Å². The van der Waals surface area contributed by atoms with Crippen LogP contribution in [0.25, 0.3) is 0 Å². The fourth-order valence-corrected chi connectivity index (χ4v) is 1.98. The van der Waals surface area contributed by atoms with Gasteiger partial charge in [-0.05, 0) is 60.6 Å². The molecule has 0 saturated heterocycles. The number of benzene rings is 2. The standard InChI is InChI=1S/C18H21N3OS/c1-2-3-13-19-18(23)21-20-14-15-9-11-17(12-10-15)22-16-7-5-4-6-8-16/h4-12,14H,2-3,13H2,1H3,(H2,19,21,23). The van der Waals surface area contributed by atoms with E-state index in [9.17, 15) is 0 Å². The molecule has 2 aromatic rings. The van der Waals surface area contributed by atoms with Crippen molar-refractivity contribution in [2.24, 2.45) is 5.10 Å². The van der Waals surface area contributed by atoms with E-state index in [0.717, 1.165) is 36.4 Å². The number of rotatable bonds is 7. The summed E-state index contributed by atoms with van der Waals surface area (Å²) in [6.45, 7) is 3.00. The number of thiocarbonyl (C=S) groups is 1. The maximum atomic E-state index is 5.74. The molecule has 0 heterocycles. The van der Waals surface area contributed by atoms with E-state index in [1.54, 1.807) is 6.21 Å². The Balaban J connectivity index is 1.80. The summed E-state index contributed by atoms with van der Waals surface area (Å²) >= 11 is 5.12. The fourth-order valence-electron chi connectivity index (χ4n) is 1.83. The van der Waals surface area contributed by atoms with E-state index in [0.29, 0.717) is 5.11 Å². The first-order chi connectivity index (χ1) is 11.3. The van der Waals surface area contributed by atoms with Gasteiger partial charge < -0.3 is 10.1 Å². The number of para-hydroxylation sites is 1. The molecule has 0 amide bonds. The van der Waals surface area contributed by atoms with Gasteiger partial charge in [-0.3, -0.25) is 5.43 Å². The van der Waals surface area contributed by atoms with E-state index in [1.165, 1.54) is 0 Å². The lowest BCUT2D eigenvalue weighted by Crippen LogP contribution is -2.32. The van der Waals surface area contributed by atoms with Gasteiger partial charge >= 0.3 is 0 Å². The lowest BCUT2D eigenvalue weighted by molar-refractivity contribution is 0.482. The minimum absolute atomic E-state index is 0.540. The second-order valence-corrected chi connectivity index (χ2v) is 5.37. The van der Waals surface area contributed by atoms with Crippen LogP contribution in [0.15, 0.2) is 59.7 Å². The highest BCUT2D eigenvalue weighted by molar-refractivity contribution is 7.80. The van der Waals surface area contributed by atoms with Crippen LogP contribution in [0.4, 0.5) is 0 Å². The van der Waals surface area contributed by atoms with E-state index in [2.05, 4.69) is 22.8 Å². The lowest BCUT2D eigenvalue weighted by atomic mass is 10.2. The van der Waals surface area contributed by atoms with Gasteiger partial charge in [0, 0.05) is 6.54 Å². The minimum atomic E-state index is 0.540. The van der Waals surface area contributed by atoms with Gasteiger partial charge in [0.15, 0.2) is 5.11 Å². The van der Waals surface area contributed by atoms with Crippen LogP contribution < -0.4 is 15.5 Å². The molecule has 0 bridgehead atoms. The molecule has 0 unspecified atom stereocenters. The first kappa shape index (κ1) is 17.0. The summed E-state index contributed by atoms with van der Waals surface area (Å²) in [5.41, 5.74) is 3.77. The Morgan fingerprint density at radius 3 is 2.48 bits per heavy atom. The Hall–Kier alpha value is -2.40. The first-order valence-corrected chi connectivity index (χ1v) is 8.08. The number of nitrogens with zero attached hydrogens (tertiary/aromatic N) is 1. The molecule has 0 fully saturated rings. The molecule has 0 saturated carbocycles. The zero-order chi connectivity index (χ0) is 16.3. The Morgan fingerprint density at radius 2 is 1.78 bits per heavy atom. The van der Waals surface area contributed by atoms with Gasteiger partial charge in [-0.1, -0.05) is 31.5 Å². The summed E-state index contributed by atoms with van der Waals surface area (Å²) in [7, 11) is 0. The SMILES string of the molecule is CCCCNC(=S)NN=Cc1ccc(Oc2ccccc2)cc1. The van der Waals surface area contributed by atoms with Gasteiger partial charge in [-0.25, -0.2) is 0 Å². The summed E-state index contributed by atoms with van der Waals surface area (Å²) in [6.07, 6.45) is 3.95. The first-order valence-electron chi connectivity index (χ1n) is 7.68. The van der Waals surface area contributed by atoms with Crippen LogP contribution in [-0.2, 0) is 0 Å². The molecular weight excluding hydrogens is 306 g/mol. The van der Waals surface area contributed by atoms with Crippen molar-refractivity contribution >= 4 is 23.5 Å². The number of unbranched alkanes of at least 4 members (excludes halogenated alkanes) is 1. The average molecular weight is 327 g/mol. The zero-order valence-electron chi connectivity index (χ0n) is 13.2. The van der Waals surface area contributed by atoms with Gasteiger partial charge in [0.25, 0.3) is 0 Å². The quantitative estimate of drug-likeness (QED) is 0.348. The maximum absolute atomic E-state index is 5.74. The Morgan fingerprint density at radius 1 is 1.09 bits per heavy atom. The van der Waals surface area contributed by atoms with Crippen molar-refractivity contribution in [2.45, 2.75) is 19.8 Å². The smallest absolute Gasteiger partial charge is 0.186 e. The Labute approximate surface area is 142 Å². The second-order valence-electron chi connectivity index (χ2n) is 4.96. The summed E-state index contributed by atoms with van der Waals surface area (Å²) in [5, 5.41) is 7.75. The fraction of sp³-hybridized carbons (Fsp3) is 0.222. The third-order valence-electron chi connectivity index (χ3n) is 3.05. The van der Waals surface area contributed by atoms with Gasteiger partial charge in [-0.2, -0.15) is 5.10 Å². The predicted octanol–water partition coefficient (Wildman–Crippen LogP) is 4.08. The summed E-state index contributed by atoms with van der Waals surface area (Å²) in [6, 6.07) is 17.4. The highest BCUT2D eigenvalue weighted by atomic mass is 32.1. The highest BCUT2D eigenvalue weighted by Gasteiger charge is 1.96. The van der Waals surface area contributed by atoms with Gasteiger partial charge in [0.05, 0.1) is 6.21 Å². The normalized spacial score (nSPS) is 10.5. The van der Waals surface area contributed by atoms with Gasteiger partial charge in [0.1, 0.15) is 11.5 Å². The van der Waals surface area contributed by atoms with E-state index in [4.69, 9.17) is 17.0 Å². The molecule has 2 rings (SSSR count). The van der Waals surface area contributed by atoms with Gasteiger partial charge in [0.2, 0.25) is 0 Å². The molecule has 0 radical (unpaired) electrons. The number of hydrogen-bond donors (Lipinski definition) is 2. The van der Waals surface area contributed by atoms with Crippen LogP contribution in [0.3, 0.4) is 0 Å². The molecule has 0 aromatic heterocycles. The van der Waals surface area contributed by atoms with Crippen molar-refractivity contribution in [1.29, 1.82) is 0 Å². The van der Waals surface area contributed by atoms with Crippen molar-refractivity contribution in [3.8, 4) is 11.5 Å². The van der Waals surface area contributed by atoms with E-state index < -0.39 is 0 Å². The van der Waals surface area contributed by atoms with Crippen molar-refractivity contribution in [3.05, 3.63) is 60.2 Å². The molecule has 2 N–H and O–H groups in total. The molecule has 23 heavy (non-hydrogen) atoms. The monoisotopic (exact) mass is 327 g/mol. The molecule has 5 heteroatoms. The minimum Gasteiger partial charge on any atom is -0.457 e. The summed E-state index contributed by atoms with van der Waals surface area (Å²) in [4.78, 5) is 0. The van der Waals surface area contributed by atoms with Crippen LogP contribution >= 0.6 is 12.2 Å². The number of nitrogens with one attached hydrogen (secondary N) is 2. The summed E-state index contributed by atoms with van der Waals surface area (Å²) < 4.78 is 5.74. The molecule has 120 valence electrons. The highest BCUT2D eigenvalue weighted by Crippen LogP contribution is 2.20. The molecule has 0 spiro atoms. The molecule has 0 aliphatic rings.